The fourth-order valence-electron chi connectivity index (χ4n) is 3.00. The Bertz CT molecular complexity index is 993. The van der Waals surface area contributed by atoms with Gasteiger partial charge in [-0.2, -0.15) is 4.68 Å². The molecule has 0 aliphatic heterocycles. The van der Waals surface area contributed by atoms with Crippen molar-refractivity contribution in [1.29, 1.82) is 0 Å². The normalized spacial score (nSPS) is 11.9. The average Bonchev–Trinajstić information content (AvgIpc) is 3.23. The van der Waals surface area contributed by atoms with Crippen molar-refractivity contribution in [3.05, 3.63) is 54.1 Å². The molecule has 1 unspecified atom stereocenters. The van der Waals surface area contributed by atoms with Crippen molar-refractivity contribution >= 4 is 23.5 Å². The van der Waals surface area contributed by atoms with Crippen LogP contribution in [0.15, 0.2) is 53.7 Å². The van der Waals surface area contributed by atoms with E-state index in [1.165, 1.54) is 11.8 Å². The summed E-state index contributed by atoms with van der Waals surface area (Å²) >= 11 is 1.44. The maximum Gasteiger partial charge on any atom is 0.319 e. The molecule has 2 aromatic carbocycles. The fourth-order valence-corrected chi connectivity index (χ4v) is 3.43. The predicted octanol–water partition coefficient (Wildman–Crippen LogP) is 2.82. The van der Waals surface area contributed by atoms with Gasteiger partial charge in [-0.3, -0.25) is 0 Å². The van der Waals surface area contributed by atoms with Crippen molar-refractivity contribution in [2.75, 3.05) is 39.3 Å². The third-order valence-corrected chi connectivity index (χ3v) is 5.15. The summed E-state index contributed by atoms with van der Waals surface area (Å²) < 4.78 is 6.94. The summed E-state index contributed by atoms with van der Waals surface area (Å²) in [4.78, 5) is 14.6. The van der Waals surface area contributed by atoms with Gasteiger partial charge in [-0.15, -0.1) is 5.10 Å². The quantitative estimate of drug-likeness (QED) is 0.534. The number of nitrogens with zero attached hydrogens (tertiary/aromatic N) is 5. The topological polar surface area (TPSA) is 97.2 Å². The highest BCUT2D eigenvalue weighted by Gasteiger charge is 2.16. The largest absolute Gasteiger partial charge is 0.497 e. The summed E-state index contributed by atoms with van der Waals surface area (Å²) in [6.45, 7) is 0.440. The lowest BCUT2D eigenvalue weighted by Crippen LogP contribution is -2.36. The summed E-state index contributed by atoms with van der Waals surface area (Å²) in [6.07, 6.45) is 1.90. The molecule has 0 saturated heterocycles. The van der Waals surface area contributed by atoms with Crippen molar-refractivity contribution in [2.24, 2.45) is 0 Å². The molecule has 0 radical (unpaired) electrons. The summed E-state index contributed by atoms with van der Waals surface area (Å²) in [7, 11) is 5.59. The van der Waals surface area contributed by atoms with Crippen LogP contribution in [0.25, 0.3) is 5.69 Å². The molecule has 1 heterocycles. The van der Waals surface area contributed by atoms with Gasteiger partial charge in [-0.05, 0) is 66.7 Å². The number of carbonyl (C=O) groups is 1. The molecule has 0 spiro atoms. The van der Waals surface area contributed by atoms with E-state index in [0.29, 0.717) is 17.4 Å². The number of nitrogens with one attached hydrogen (secondary N) is 2. The van der Waals surface area contributed by atoms with Gasteiger partial charge >= 0.3 is 6.03 Å². The Morgan fingerprint density at radius 2 is 2.03 bits per heavy atom. The van der Waals surface area contributed by atoms with Gasteiger partial charge in [0, 0.05) is 12.2 Å². The van der Waals surface area contributed by atoms with Gasteiger partial charge in [0.25, 0.3) is 0 Å². The zero-order valence-corrected chi connectivity index (χ0v) is 18.2. The molecule has 158 valence electrons. The Kier molecular flexibility index (Phi) is 7.26. The highest BCUT2D eigenvalue weighted by Crippen LogP contribution is 2.22. The summed E-state index contributed by atoms with van der Waals surface area (Å²) in [6, 6.07) is 14.9. The SMILES string of the molecule is COc1cccc(C(CNC(=O)Nc2cccc(-n3nnnc3SC)c2)N(C)C)c1. The fraction of sp³-hybridized carbons (Fsp3) is 0.300. The monoisotopic (exact) mass is 427 g/mol. The van der Waals surface area contributed by atoms with Crippen LogP contribution >= 0.6 is 11.8 Å². The average molecular weight is 428 g/mol. The van der Waals surface area contributed by atoms with Crippen molar-refractivity contribution in [3.8, 4) is 11.4 Å². The smallest absolute Gasteiger partial charge is 0.319 e. The van der Waals surface area contributed by atoms with Crippen LogP contribution < -0.4 is 15.4 Å². The minimum absolute atomic E-state index is 0.00236. The molecule has 0 bridgehead atoms. The van der Waals surface area contributed by atoms with Crippen LogP contribution in [0.5, 0.6) is 5.75 Å². The Morgan fingerprint density at radius 1 is 1.23 bits per heavy atom. The van der Waals surface area contributed by atoms with Gasteiger partial charge < -0.3 is 20.3 Å². The number of thioether (sulfide) groups is 1. The van der Waals surface area contributed by atoms with Gasteiger partial charge in [-0.1, -0.05) is 30.0 Å². The third-order valence-electron chi connectivity index (χ3n) is 4.53. The van der Waals surface area contributed by atoms with E-state index < -0.39 is 0 Å². The number of anilines is 1. The Hall–Kier alpha value is -3.11. The molecule has 1 aromatic heterocycles. The zero-order chi connectivity index (χ0) is 21.5. The number of ether oxygens (including phenoxy) is 1. The standard InChI is InChI=1S/C20H25N7O2S/c1-26(2)18(14-7-5-10-17(11-14)29-3)13-21-19(28)22-15-8-6-9-16(12-15)27-20(30-4)23-24-25-27/h5-12,18H,13H2,1-4H3,(H2,21,22,28). The van der Waals surface area contributed by atoms with Crippen LogP contribution in [-0.4, -0.2) is 65.1 Å². The number of carbonyl (C=O) groups excluding carboxylic acids is 1. The first kappa shape index (κ1) is 21.6. The number of methoxy groups -OCH3 is 1. The zero-order valence-electron chi connectivity index (χ0n) is 17.4. The summed E-state index contributed by atoms with van der Waals surface area (Å²) in [5, 5.41) is 18.1. The van der Waals surface area contributed by atoms with E-state index in [2.05, 4.69) is 31.1 Å². The predicted molar refractivity (Wildman–Crippen MR) is 117 cm³/mol. The molecule has 3 rings (SSSR count). The van der Waals surface area contributed by atoms with E-state index in [0.717, 1.165) is 17.0 Å². The van der Waals surface area contributed by atoms with E-state index in [-0.39, 0.29) is 12.1 Å². The van der Waals surface area contributed by atoms with Gasteiger partial charge in [0.15, 0.2) is 0 Å². The lowest BCUT2D eigenvalue weighted by atomic mass is 10.1. The number of likely N-dealkylation sites (N-methyl/N-ethyl adjacent to an activating group) is 1. The Labute approximate surface area is 179 Å². The second-order valence-corrected chi connectivity index (χ2v) is 7.49. The minimum Gasteiger partial charge on any atom is -0.497 e. The van der Waals surface area contributed by atoms with Gasteiger partial charge in [0.05, 0.1) is 18.8 Å². The maximum atomic E-state index is 12.5. The van der Waals surface area contributed by atoms with Crippen molar-refractivity contribution < 1.29 is 9.53 Å². The lowest BCUT2D eigenvalue weighted by Gasteiger charge is -2.25. The van der Waals surface area contributed by atoms with E-state index in [4.69, 9.17) is 4.74 Å². The first-order chi connectivity index (χ1) is 14.5. The molecule has 1 atom stereocenters. The number of hydrogen-bond acceptors (Lipinski definition) is 7. The van der Waals surface area contributed by atoms with Gasteiger partial charge in [-0.25, -0.2) is 4.79 Å². The van der Waals surface area contributed by atoms with Crippen LogP contribution in [0.1, 0.15) is 11.6 Å². The maximum absolute atomic E-state index is 12.5. The number of tetrazole rings is 1. The molecule has 2 N–H and O–H groups in total. The van der Waals surface area contributed by atoms with E-state index >= 15 is 0 Å². The molecule has 3 aromatic rings. The molecule has 0 aliphatic carbocycles. The number of hydrogen-bond donors (Lipinski definition) is 2. The molecule has 0 aliphatic rings. The van der Waals surface area contributed by atoms with E-state index in [1.807, 2.05) is 68.9 Å². The van der Waals surface area contributed by atoms with E-state index in [9.17, 15) is 4.79 Å². The first-order valence-corrected chi connectivity index (χ1v) is 10.5. The van der Waals surface area contributed by atoms with Crippen LogP contribution in [0.3, 0.4) is 0 Å². The molecule has 0 fully saturated rings. The molecule has 10 heteroatoms. The Morgan fingerprint density at radius 3 is 2.77 bits per heavy atom. The second kappa shape index (κ2) is 10.1. The van der Waals surface area contributed by atoms with Crippen LogP contribution in [-0.2, 0) is 0 Å². The number of amides is 2. The lowest BCUT2D eigenvalue weighted by molar-refractivity contribution is 0.243. The van der Waals surface area contributed by atoms with E-state index in [1.54, 1.807) is 11.8 Å². The number of rotatable bonds is 8. The highest BCUT2D eigenvalue weighted by atomic mass is 32.2. The van der Waals surface area contributed by atoms with Gasteiger partial charge in [0.2, 0.25) is 5.16 Å². The number of aromatic nitrogens is 4. The molecule has 9 nitrogen and oxygen atoms in total. The summed E-state index contributed by atoms with van der Waals surface area (Å²) in [5.74, 6) is 0.785. The first-order valence-electron chi connectivity index (χ1n) is 9.30. The third kappa shape index (κ3) is 5.28. The molecule has 0 saturated carbocycles. The van der Waals surface area contributed by atoms with Crippen molar-refractivity contribution in [3.63, 3.8) is 0 Å². The second-order valence-electron chi connectivity index (χ2n) is 6.72. The molecular weight excluding hydrogens is 402 g/mol. The minimum atomic E-state index is -0.288. The van der Waals surface area contributed by atoms with Crippen molar-refractivity contribution in [1.82, 2.24) is 30.4 Å². The van der Waals surface area contributed by atoms with Crippen LogP contribution in [0.2, 0.25) is 0 Å². The summed E-state index contributed by atoms with van der Waals surface area (Å²) in [5.41, 5.74) is 2.48. The van der Waals surface area contributed by atoms with Crippen LogP contribution in [0.4, 0.5) is 10.5 Å². The highest BCUT2D eigenvalue weighted by molar-refractivity contribution is 7.98. The molecular formula is C20H25N7O2S. The van der Waals surface area contributed by atoms with Crippen LogP contribution in [0, 0.1) is 0 Å². The molecule has 30 heavy (non-hydrogen) atoms. The Balaban J connectivity index is 1.65. The molecule has 2 amide bonds. The van der Waals surface area contributed by atoms with Crippen molar-refractivity contribution in [2.45, 2.75) is 11.2 Å². The number of urea groups is 1. The van der Waals surface area contributed by atoms with Gasteiger partial charge in [0.1, 0.15) is 5.75 Å². The number of benzene rings is 2.